The van der Waals surface area contributed by atoms with Crippen molar-refractivity contribution in [3.8, 4) is 20.5 Å². The second-order valence-electron chi connectivity index (χ2n) is 6.40. The first kappa shape index (κ1) is 20.6. The van der Waals surface area contributed by atoms with E-state index in [1.165, 1.54) is 34.2 Å². The van der Waals surface area contributed by atoms with E-state index in [2.05, 4.69) is 14.8 Å². The number of aryl methyl sites for hydroxylation is 1. The van der Waals surface area contributed by atoms with Gasteiger partial charge in [-0.15, -0.1) is 22.7 Å². The van der Waals surface area contributed by atoms with Crippen molar-refractivity contribution in [1.82, 2.24) is 19.5 Å². The maximum absolute atomic E-state index is 12.3. The number of nitrogens with one attached hydrogen (secondary N) is 1. The maximum atomic E-state index is 12.3. The van der Waals surface area contributed by atoms with Crippen LogP contribution in [0.2, 0.25) is 0 Å². The summed E-state index contributed by atoms with van der Waals surface area (Å²) in [5.74, 6) is 0. The standard InChI is InChI=1S/C20H18N4O3S3/c1-14-19(29-20(22-14)17-8-5-13-28-17)16-9-10-18(25)24(23-16)12-11-21-30(26,27)15-6-3-2-4-7-15/h2-10,13,21H,11-12H2,1H3. The van der Waals surface area contributed by atoms with Crippen molar-refractivity contribution in [3.63, 3.8) is 0 Å². The zero-order chi connectivity index (χ0) is 21.1. The Morgan fingerprint density at radius 3 is 2.60 bits per heavy atom. The Morgan fingerprint density at radius 2 is 1.87 bits per heavy atom. The lowest BCUT2D eigenvalue weighted by Gasteiger charge is -2.09. The molecule has 0 bridgehead atoms. The van der Waals surface area contributed by atoms with Gasteiger partial charge in [0.15, 0.2) is 0 Å². The molecule has 0 saturated carbocycles. The topological polar surface area (TPSA) is 94.0 Å². The van der Waals surface area contributed by atoms with Gasteiger partial charge in [-0.1, -0.05) is 24.3 Å². The molecule has 0 atom stereocenters. The summed E-state index contributed by atoms with van der Waals surface area (Å²) in [6.07, 6.45) is 0. The molecule has 154 valence electrons. The summed E-state index contributed by atoms with van der Waals surface area (Å²) in [5.41, 5.74) is 1.18. The Labute approximate surface area is 181 Å². The first-order chi connectivity index (χ1) is 14.4. The molecule has 0 aliphatic rings. The molecule has 0 fully saturated rings. The number of aromatic nitrogens is 3. The lowest BCUT2D eigenvalue weighted by atomic mass is 10.3. The van der Waals surface area contributed by atoms with Gasteiger partial charge in [0.1, 0.15) is 10.7 Å². The monoisotopic (exact) mass is 458 g/mol. The van der Waals surface area contributed by atoms with Crippen LogP contribution in [0.4, 0.5) is 0 Å². The normalized spacial score (nSPS) is 11.6. The Balaban J connectivity index is 1.53. The van der Waals surface area contributed by atoms with Crippen LogP contribution in [0.25, 0.3) is 20.5 Å². The van der Waals surface area contributed by atoms with Gasteiger partial charge < -0.3 is 0 Å². The van der Waals surface area contributed by atoms with Crippen LogP contribution < -0.4 is 10.3 Å². The number of thiophene rings is 1. The van der Waals surface area contributed by atoms with Gasteiger partial charge in [0.2, 0.25) is 10.0 Å². The van der Waals surface area contributed by atoms with Gasteiger partial charge in [-0.05, 0) is 36.6 Å². The smallest absolute Gasteiger partial charge is 0.266 e. The quantitative estimate of drug-likeness (QED) is 0.458. The summed E-state index contributed by atoms with van der Waals surface area (Å²) in [6, 6.07) is 15.2. The lowest BCUT2D eigenvalue weighted by Crippen LogP contribution is -2.32. The van der Waals surface area contributed by atoms with E-state index in [1.54, 1.807) is 35.6 Å². The van der Waals surface area contributed by atoms with Crippen LogP contribution in [0, 0.1) is 6.92 Å². The van der Waals surface area contributed by atoms with Crippen molar-refractivity contribution < 1.29 is 8.42 Å². The molecular weight excluding hydrogens is 440 g/mol. The third kappa shape index (κ3) is 4.41. The highest BCUT2D eigenvalue weighted by atomic mass is 32.2. The number of nitrogens with zero attached hydrogens (tertiary/aromatic N) is 3. The third-order valence-corrected chi connectivity index (χ3v) is 7.99. The second kappa shape index (κ2) is 8.60. The molecule has 0 spiro atoms. The fraction of sp³-hybridized carbons (Fsp3) is 0.150. The van der Waals surface area contributed by atoms with Gasteiger partial charge in [-0.3, -0.25) is 4.79 Å². The highest BCUT2D eigenvalue weighted by Crippen LogP contribution is 2.35. The summed E-state index contributed by atoms with van der Waals surface area (Å²) in [5, 5.41) is 7.34. The highest BCUT2D eigenvalue weighted by molar-refractivity contribution is 7.89. The molecule has 0 radical (unpaired) electrons. The fourth-order valence-corrected chi connectivity index (χ4v) is 5.71. The summed E-state index contributed by atoms with van der Waals surface area (Å²) in [4.78, 5) is 19.0. The van der Waals surface area contributed by atoms with Gasteiger partial charge >= 0.3 is 0 Å². The van der Waals surface area contributed by atoms with E-state index in [1.807, 2.05) is 24.4 Å². The van der Waals surface area contributed by atoms with Crippen molar-refractivity contribution in [3.05, 3.63) is 76.0 Å². The summed E-state index contributed by atoms with van der Waals surface area (Å²) >= 11 is 3.14. The molecule has 3 aromatic heterocycles. The molecular formula is C20H18N4O3S3. The van der Waals surface area contributed by atoms with Gasteiger partial charge in [0.05, 0.1) is 26.9 Å². The SMILES string of the molecule is Cc1nc(-c2cccs2)sc1-c1ccc(=O)n(CCNS(=O)(=O)c2ccccc2)n1. The van der Waals surface area contributed by atoms with E-state index in [9.17, 15) is 13.2 Å². The first-order valence-electron chi connectivity index (χ1n) is 9.08. The van der Waals surface area contributed by atoms with Crippen LogP contribution in [-0.4, -0.2) is 29.7 Å². The molecule has 1 N–H and O–H groups in total. The molecule has 0 unspecified atom stereocenters. The van der Waals surface area contributed by atoms with Crippen molar-refractivity contribution in [2.24, 2.45) is 0 Å². The van der Waals surface area contributed by atoms with Crippen LogP contribution in [0.1, 0.15) is 5.69 Å². The van der Waals surface area contributed by atoms with Crippen molar-refractivity contribution in [2.75, 3.05) is 6.54 Å². The van der Waals surface area contributed by atoms with Gasteiger partial charge in [-0.2, -0.15) is 5.10 Å². The fourth-order valence-electron chi connectivity index (χ4n) is 2.84. The number of hydrogen-bond acceptors (Lipinski definition) is 7. The zero-order valence-corrected chi connectivity index (χ0v) is 18.4. The third-order valence-electron chi connectivity index (χ3n) is 4.30. The summed E-state index contributed by atoms with van der Waals surface area (Å²) in [6.45, 7) is 2.08. The van der Waals surface area contributed by atoms with Crippen LogP contribution >= 0.6 is 22.7 Å². The average molecular weight is 459 g/mol. The van der Waals surface area contributed by atoms with E-state index >= 15 is 0 Å². The minimum atomic E-state index is -3.63. The number of sulfonamides is 1. The largest absolute Gasteiger partial charge is 0.268 e. The van der Waals surface area contributed by atoms with Crippen molar-refractivity contribution >= 4 is 32.7 Å². The molecule has 30 heavy (non-hydrogen) atoms. The van der Waals surface area contributed by atoms with Crippen LogP contribution in [0.5, 0.6) is 0 Å². The average Bonchev–Trinajstić information content (AvgIpc) is 3.40. The Hall–Kier alpha value is -2.66. The molecule has 0 amide bonds. The van der Waals surface area contributed by atoms with E-state index in [0.717, 1.165) is 20.5 Å². The van der Waals surface area contributed by atoms with E-state index in [0.29, 0.717) is 5.69 Å². The van der Waals surface area contributed by atoms with Gasteiger partial charge in [0.25, 0.3) is 5.56 Å². The van der Waals surface area contributed by atoms with E-state index < -0.39 is 10.0 Å². The lowest BCUT2D eigenvalue weighted by molar-refractivity contribution is 0.549. The molecule has 0 aliphatic heterocycles. The summed E-state index contributed by atoms with van der Waals surface area (Å²) in [7, 11) is -3.63. The summed E-state index contributed by atoms with van der Waals surface area (Å²) < 4.78 is 28.4. The molecule has 3 heterocycles. The molecule has 10 heteroatoms. The number of benzene rings is 1. The molecule has 0 saturated heterocycles. The number of rotatable bonds is 7. The zero-order valence-electron chi connectivity index (χ0n) is 16.0. The Bertz CT molecular complexity index is 1310. The second-order valence-corrected chi connectivity index (χ2v) is 10.1. The Morgan fingerprint density at radius 1 is 1.07 bits per heavy atom. The minimum absolute atomic E-state index is 0.0513. The molecule has 7 nitrogen and oxygen atoms in total. The predicted molar refractivity (Wildman–Crippen MR) is 119 cm³/mol. The van der Waals surface area contributed by atoms with Crippen LogP contribution in [-0.2, 0) is 16.6 Å². The molecule has 4 aromatic rings. The van der Waals surface area contributed by atoms with Crippen LogP contribution in [0.3, 0.4) is 0 Å². The first-order valence-corrected chi connectivity index (χ1v) is 12.3. The molecule has 4 rings (SSSR count). The van der Waals surface area contributed by atoms with Gasteiger partial charge in [0, 0.05) is 12.6 Å². The van der Waals surface area contributed by atoms with E-state index in [4.69, 9.17) is 0 Å². The van der Waals surface area contributed by atoms with Crippen LogP contribution in [0.15, 0.2) is 69.7 Å². The van der Waals surface area contributed by atoms with Crippen molar-refractivity contribution in [2.45, 2.75) is 18.4 Å². The van der Waals surface area contributed by atoms with Crippen molar-refractivity contribution in [1.29, 1.82) is 0 Å². The molecule has 1 aromatic carbocycles. The predicted octanol–water partition coefficient (Wildman–Crippen LogP) is 3.38. The number of hydrogen-bond donors (Lipinski definition) is 1. The Kier molecular flexibility index (Phi) is 5.91. The minimum Gasteiger partial charge on any atom is -0.268 e. The molecule has 0 aliphatic carbocycles. The maximum Gasteiger partial charge on any atom is 0.266 e. The highest BCUT2D eigenvalue weighted by Gasteiger charge is 2.15. The number of thiazole rings is 1. The van der Waals surface area contributed by atoms with Gasteiger partial charge in [-0.25, -0.2) is 22.8 Å². The van der Waals surface area contributed by atoms with E-state index in [-0.39, 0.29) is 23.5 Å².